The lowest BCUT2D eigenvalue weighted by Gasteiger charge is -2.41. The Kier molecular flexibility index (Phi) is 14.6. The van der Waals surface area contributed by atoms with E-state index in [4.69, 9.17) is 8.83 Å². The molecule has 488 valence electrons. The molecule has 18 rings (SSSR count). The van der Waals surface area contributed by atoms with Gasteiger partial charge in [0, 0.05) is 49.4 Å². The fourth-order valence-corrected chi connectivity index (χ4v) is 23.0. The van der Waals surface area contributed by atoms with Crippen molar-refractivity contribution in [2.24, 2.45) is 0 Å². The van der Waals surface area contributed by atoms with Crippen molar-refractivity contribution in [3.05, 3.63) is 296 Å². The van der Waals surface area contributed by atoms with Gasteiger partial charge in [-0.1, -0.05) is 296 Å². The highest BCUT2D eigenvalue weighted by atomic mass is 28.3. The van der Waals surface area contributed by atoms with Crippen LogP contribution in [-0.2, 0) is 5.41 Å². The number of para-hydroxylation sites is 2. The van der Waals surface area contributed by atoms with E-state index in [0.29, 0.717) is 0 Å². The van der Waals surface area contributed by atoms with E-state index in [1.165, 1.54) is 98.8 Å². The smallest absolute Gasteiger partial charge is 0.159 e. The lowest BCUT2D eigenvalue weighted by Crippen LogP contribution is -2.61. The molecule has 2 unspecified atom stereocenters. The monoisotopic (exact) mass is 1330 g/mol. The Morgan fingerprint density at radius 1 is 0.370 bits per heavy atom. The third-order valence-corrected chi connectivity index (χ3v) is 33.5. The summed E-state index contributed by atoms with van der Waals surface area (Å²) in [5.74, 6) is 0. The number of nitrogens with zero attached hydrogens (tertiary/aromatic N) is 2. The quantitative estimate of drug-likeness (QED) is 0.121. The van der Waals surface area contributed by atoms with Crippen molar-refractivity contribution in [2.45, 2.75) is 102 Å². The van der Waals surface area contributed by atoms with Crippen molar-refractivity contribution in [1.29, 1.82) is 0 Å². The summed E-state index contributed by atoms with van der Waals surface area (Å²) in [5, 5.41) is 16.4. The molecule has 14 aromatic carbocycles. The lowest BCUT2D eigenvalue weighted by molar-refractivity contribution is 0.353. The zero-order valence-corrected chi connectivity index (χ0v) is 60.6. The number of anilines is 6. The fraction of sp³-hybridized carbons (Fsp3) is 0.170. The maximum absolute atomic E-state index is 7.25. The minimum Gasteiger partial charge on any atom is -0.454 e. The molecule has 16 aromatic rings. The van der Waals surface area contributed by atoms with Crippen molar-refractivity contribution in [1.82, 2.24) is 0 Å². The van der Waals surface area contributed by atoms with E-state index in [9.17, 15) is 0 Å². The molecule has 2 heterocycles. The Labute approximate surface area is 589 Å². The Hall–Kier alpha value is -10.5. The van der Waals surface area contributed by atoms with Crippen LogP contribution >= 0.6 is 0 Å². The van der Waals surface area contributed by atoms with Crippen LogP contribution in [0.1, 0.15) is 84.8 Å². The van der Waals surface area contributed by atoms with E-state index in [0.717, 1.165) is 104 Å². The minimum atomic E-state index is -2.20. The van der Waals surface area contributed by atoms with Crippen molar-refractivity contribution < 1.29 is 8.83 Å². The largest absolute Gasteiger partial charge is 0.454 e. The molecule has 100 heavy (non-hydrogen) atoms. The van der Waals surface area contributed by atoms with Crippen LogP contribution in [0, 0.1) is 0 Å². The minimum absolute atomic E-state index is 0.0876. The molecule has 2 aliphatic rings. The highest BCUT2D eigenvalue weighted by molar-refractivity contribution is 7.03. The molecule has 0 bridgehead atoms. The Bertz CT molecular complexity index is 5940. The van der Waals surface area contributed by atoms with Gasteiger partial charge in [-0.25, -0.2) is 0 Å². The summed E-state index contributed by atoms with van der Waals surface area (Å²) in [6, 6.07) is 108. The summed E-state index contributed by atoms with van der Waals surface area (Å²) >= 11 is 0. The molecular weight excluding hydrogens is 1250 g/mol. The summed E-state index contributed by atoms with van der Waals surface area (Å²) in [6.45, 7) is 19.5. The van der Waals surface area contributed by atoms with Gasteiger partial charge in [0.15, 0.2) is 11.2 Å². The van der Waals surface area contributed by atoms with Gasteiger partial charge in [-0.15, -0.1) is 0 Å². The van der Waals surface area contributed by atoms with Crippen molar-refractivity contribution in [2.75, 3.05) is 9.80 Å². The van der Waals surface area contributed by atoms with Crippen LogP contribution in [0.2, 0.25) is 23.2 Å². The maximum Gasteiger partial charge on any atom is 0.159 e. The first-order valence-electron chi connectivity index (χ1n) is 36.1. The van der Waals surface area contributed by atoms with Crippen molar-refractivity contribution in [3.8, 4) is 33.4 Å². The van der Waals surface area contributed by atoms with Gasteiger partial charge in [-0.3, -0.25) is 0 Å². The van der Waals surface area contributed by atoms with Crippen LogP contribution < -0.4 is 25.4 Å². The van der Waals surface area contributed by atoms with Crippen LogP contribution in [0.4, 0.5) is 34.1 Å². The van der Waals surface area contributed by atoms with Crippen molar-refractivity contribution >= 4 is 143 Å². The molecule has 4 nitrogen and oxygen atoms in total. The van der Waals surface area contributed by atoms with Crippen LogP contribution in [-0.4, -0.2) is 16.9 Å². The van der Waals surface area contributed by atoms with Crippen molar-refractivity contribution in [3.63, 3.8) is 0 Å². The highest BCUT2D eigenvalue weighted by Gasteiger charge is 2.47. The molecule has 0 amide bonds. The highest BCUT2D eigenvalue weighted by Crippen LogP contribution is 2.61. The fourth-order valence-electron chi connectivity index (χ4n) is 17.4. The standard InChI is InChI=1S/C94H82N2O2Si2/c1-92(2,3)99(7)72-31-21-29-65(55-72)67-43-49-88-80(57-67)78-38-24-40-85(91(78)98-88)96(70-46-42-62-26-14-16-28-64(62)54-70)86-60-83-89(76-36-18-17-35-75(76)86)79-48-47-71(59-82(79)94(83)51-19-10-20-52-94)95(69-45-41-61-25-13-15-27-63(61)53-69)84-39-23-37-77-81-58-68(44-50-87(81)97-90(77)84)66-30-22-34-74(56-66)100(8,93(4,5)6)73-32-11-9-12-33-73/h9,11-18,21-50,53-60,99H,10,19-20,51-52H2,1-8H3. The Balaban J connectivity index is 0.800. The zero-order chi connectivity index (χ0) is 67.8. The predicted molar refractivity (Wildman–Crippen MR) is 432 cm³/mol. The second kappa shape index (κ2) is 23.6. The van der Waals surface area contributed by atoms with Crippen LogP contribution in [0.15, 0.2) is 294 Å². The summed E-state index contributed by atoms with van der Waals surface area (Å²) in [5.41, 5.74) is 20.0. The number of hydrogen-bond donors (Lipinski definition) is 0. The molecule has 1 spiro atoms. The van der Waals surface area contributed by atoms with E-state index < -0.39 is 16.9 Å². The van der Waals surface area contributed by atoms with Crippen LogP contribution in [0.3, 0.4) is 0 Å². The van der Waals surface area contributed by atoms with Gasteiger partial charge < -0.3 is 18.6 Å². The molecule has 2 aliphatic carbocycles. The molecule has 0 aliphatic heterocycles. The van der Waals surface area contributed by atoms with Gasteiger partial charge >= 0.3 is 0 Å². The molecule has 1 saturated carbocycles. The third-order valence-electron chi connectivity index (χ3n) is 23.6. The predicted octanol–water partition coefficient (Wildman–Crippen LogP) is 25.3. The maximum atomic E-state index is 7.25. The first-order chi connectivity index (χ1) is 48.6. The zero-order valence-electron chi connectivity index (χ0n) is 58.5. The van der Waals surface area contributed by atoms with E-state index in [1.807, 2.05) is 0 Å². The SMILES string of the molecule is C[SiH](c1cccc(-c2ccc3oc4c(N(c5ccc6ccccc6c5)c5cc6c(c7ccccc57)-c5ccc(N(c7ccc8ccccc8c7)c7cccc8c7oc7ccc(-c9cccc([Si](C)(c%10ccccc%10)C(C)(C)C)c9)cc78)cc5C65CCCCC5)cccc4c3c2)c1)C(C)(C)C. The topological polar surface area (TPSA) is 32.8 Å². The van der Waals surface area contributed by atoms with E-state index in [-0.39, 0.29) is 15.5 Å². The van der Waals surface area contributed by atoms with Crippen LogP contribution in [0.25, 0.3) is 110 Å². The van der Waals surface area contributed by atoms with Gasteiger partial charge in [0.2, 0.25) is 0 Å². The second-order valence-electron chi connectivity index (χ2n) is 30.9. The molecule has 0 saturated heterocycles. The average Bonchev–Trinajstić information content (AvgIpc) is 1.53. The first-order valence-corrected chi connectivity index (χ1v) is 40.9. The van der Waals surface area contributed by atoms with E-state index in [1.54, 1.807) is 0 Å². The molecule has 6 heteroatoms. The van der Waals surface area contributed by atoms with Gasteiger partial charge in [0.25, 0.3) is 0 Å². The van der Waals surface area contributed by atoms with Gasteiger partial charge in [-0.2, -0.15) is 0 Å². The molecule has 0 N–H and O–H groups in total. The molecule has 2 atom stereocenters. The van der Waals surface area contributed by atoms with Gasteiger partial charge in [-0.05, 0) is 173 Å². The summed E-state index contributed by atoms with van der Waals surface area (Å²) in [7, 11) is -3.43. The summed E-state index contributed by atoms with van der Waals surface area (Å²) < 4.78 is 14.5. The molecule has 0 radical (unpaired) electrons. The lowest BCUT2D eigenvalue weighted by atomic mass is 9.67. The molecular formula is C94H82N2O2Si2. The number of rotatable bonds is 11. The number of benzene rings is 14. The molecule has 2 aromatic heterocycles. The number of fused-ring (bicyclic) bond motifs is 15. The second-order valence-corrected chi connectivity index (χ2v) is 39.7. The number of hydrogen-bond acceptors (Lipinski definition) is 4. The third kappa shape index (κ3) is 9.95. The average molecular weight is 1330 g/mol. The first kappa shape index (κ1) is 61.8. The van der Waals surface area contributed by atoms with Gasteiger partial charge in [0.1, 0.15) is 19.2 Å². The van der Waals surface area contributed by atoms with Crippen LogP contribution in [0.5, 0.6) is 0 Å². The van der Waals surface area contributed by atoms with E-state index >= 15 is 0 Å². The molecule has 1 fully saturated rings. The Morgan fingerprint density at radius 3 is 1.49 bits per heavy atom. The summed E-state index contributed by atoms with van der Waals surface area (Å²) in [4.78, 5) is 5.01. The summed E-state index contributed by atoms with van der Waals surface area (Å²) in [6.07, 6.45) is 5.61. The number of furan rings is 2. The Morgan fingerprint density at radius 2 is 0.870 bits per heavy atom. The van der Waals surface area contributed by atoms with Gasteiger partial charge in [0.05, 0.1) is 25.9 Å². The van der Waals surface area contributed by atoms with E-state index in [2.05, 4.69) is 350 Å². The normalized spacial score (nSPS) is 14.7.